The summed E-state index contributed by atoms with van der Waals surface area (Å²) in [6.07, 6.45) is 5.85. The Labute approximate surface area is 179 Å². The summed E-state index contributed by atoms with van der Waals surface area (Å²) in [6, 6.07) is 1.70. The van der Waals surface area contributed by atoms with Gasteiger partial charge in [-0.1, -0.05) is 6.92 Å². The molecule has 4 rings (SSSR count). The number of carbonyl (C=O) groups excluding carboxylic acids is 1. The number of carbonyl (C=O) groups is 1. The van der Waals surface area contributed by atoms with E-state index in [0.717, 1.165) is 23.5 Å². The first-order valence-electron chi connectivity index (χ1n) is 10.2. The summed E-state index contributed by atoms with van der Waals surface area (Å²) in [5.74, 6) is -0.188. The number of anilines is 1. The summed E-state index contributed by atoms with van der Waals surface area (Å²) in [6.45, 7) is 7.57. The van der Waals surface area contributed by atoms with Gasteiger partial charge in [-0.2, -0.15) is 0 Å². The van der Waals surface area contributed by atoms with Crippen LogP contribution in [0.1, 0.15) is 52.7 Å². The monoisotopic (exact) mass is 423 g/mol. The predicted octanol–water partition coefficient (Wildman–Crippen LogP) is 3.71. The topological polar surface area (TPSA) is 79.8 Å². The third-order valence-electron chi connectivity index (χ3n) is 5.55. The Balaban J connectivity index is 1.68. The summed E-state index contributed by atoms with van der Waals surface area (Å²) in [5.41, 5.74) is 3.71. The smallest absolute Gasteiger partial charge is 0.259 e. The highest BCUT2D eigenvalue weighted by Gasteiger charge is 2.19. The molecule has 0 aromatic carbocycles. The van der Waals surface area contributed by atoms with Crippen LogP contribution >= 0.6 is 0 Å². The van der Waals surface area contributed by atoms with Crippen molar-refractivity contribution in [2.24, 2.45) is 0 Å². The minimum absolute atomic E-state index is 0.0555. The van der Waals surface area contributed by atoms with E-state index in [-0.39, 0.29) is 11.6 Å². The van der Waals surface area contributed by atoms with Crippen molar-refractivity contribution in [1.29, 1.82) is 0 Å². The molecule has 0 spiro atoms. The molecule has 8 nitrogen and oxygen atoms in total. The molecule has 0 aliphatic rings. The van der Waals surface area contributed by atoms with E-state index < -0.39 is 11.7 Å². The molecule has 4 heterocycles. The molecule has 0 saturated carbocycles. The Kier molecular flexibility index (Phi) is 5.22. The molecule has 0 aliphatic heterocycles. The predicted molar refractivity (Wildman–Crippen MR) is 117 cm³/mol. The van der Waals surface area contributed by atoms with Crippen LogP contribution in [-0.4, -0.2) is 48.7 Å². The van der Waals surface area contributed by atoms with E-state index in [1.807, 2.05) is 38.5 Å². The van der Waals surface area contributed by atoms with Crippen molar-refractivity contribution in [1.82, 2.24) is 28.7 Å². The van der Waals surface area contributed by atoms with Gasteiger partial charge in [0.05, 0.1) is 40.4 Å². The molecule has 9 heteroatoms. The summed E-state index contributed by atoms with van der Waals surface area (Å²) in [7, 11) is 4.04. The van der Waals surface area contributed by atoms with Crippen molar-refractivity contribution in [3.63, 3.8) is 0 Å². The highest BCUT2D eigenvalue weighted by molar-refractivity contribution is 6.04. The number of aromatic nitrogens is 5. The molecule has 162 valence electrons. The fourth-order valence-electron chi connectivity index (χ4n) is 4.02. The number of pyridine rings is 1. The lowest BCUT2D eigenvalue weighted by atomic mass is 10.1. The van der Waals surface area contributed by atoms with Gasteiger partial charge in [0.1, 0.15) is 11.6 Å². The number of fused-ring (bicyclic) bond motifs is 2. The first-order chi connectivity index (χ1) is 14.7. The van der Waals surface area contributed by atoms with Crippen LogP contribution in [0.5, 0.6) is 0 Å². The van der Waals surface area contributed by atoms with Crippen molar-refractivity contribution in [3.8, 4) is 0 Å². The van der Waals surface area contributed by atoms with Gasteiger partial charge >= 0.3 is 0 Å². The lowest BCUT2D eigenvalue weighted by molar-refractivity contribution is 0.102. The van der Waals surface area contributed by atoms with Gasteiger partial charge in [-0.3, -0.25) is 4.79 Å². The van der Waals surface area contributed by atoms with Crippen LogP contribution in [0.15, 0.2) is 24.7 Å². The zero-order valence-corrected chi connectivity index (χ0v) is 18.6. The standard InChI is InChI=1S/C22H26FN7O/c1-7-18(28(5)6)17-10-29-11-20(25-13(3)21(29)26-17)27-22(31)15-8-19-12(2)24-14(4)30(19)9-16(15)23/h8-11,18H,7H2,1-6H3,(H,27,31). The van der Waals surface area contributed by atoms with Crippen molar-refractivity contribution in [2.45, 2.75) is 40.2 Å². The highest BCUT2D eigenvalue weighted by atomic mass is 19.1. The van der Waals surface area contributed by atoms with E-state index in [0.29, 0.717) is 22.9 Å². The second-order valence-electron chi connectivity index (χ2n) is 7.98. The van der Waals surface area contributed by atoms with Crippen molar-refractivity contribution >= 4 is 22.9 Å². The lowest BCUT2D eigenvalue weighted by Gasteiger charge is -2.20. The third kappa shape index (κ3) is 3.65. The number of hydrogen-bond acceptors (Lipinski definition) is 5. The van der Waals surface area contributed by atoms with E-state index in [2.05, 4.69) is 27.1 Å². The van der Waals surface area contributed by atoms with Gasteiger partial charge < -0.3 is 19.0 Å². The lowest BCUT2D eigenvalue weighted by Crippen LogP contribution is -2.19. The average molecular weight is 423 g/mol. The Morgan fingerprint density at radius 1 is 1.13 bits per heavy atom. The van der Waals surface area contributed by atoms with E-state index in [1.54, 1.807) is 17.5 Å². The molecule has 0 radical (unpaired) electrons. The quantitative estimate of drug-likeness (QED) is 0.529. The van der Waals surface area contributed by atoms with Gasteiger partial charge in [0.25, 0.3) is 5.91 Å². The minimum atomic E-state index is -0.620. The van der Waals surface area contributed by atoms with Crippen LogP contribution in [0.2, 0.25) is 0 Å². The Morgan fingerprint density at radius 2 is 1.87 bits per heavy atom. The molecule has 0 fully saturated rings. The molecule has 31 heavy (non-hydrogen) atoms. The number of rotatable bonds is 5. The third-order valence-corrected chi connectivity index (χ3v) is 5.55. The number of nitrogens with zero attached hydrogens (tertiary/aromatic N) is 6. The molecule has 0 saturated heterocycles. The molecule has 4 aromatic heterocycles. The van der Waals surface area contributed by atoms with E-state index in [4.69, 9.17) is 4.98 Å². The first kappa shape index (κ1) is 20.9. The molecular weight excluding hydrogens is 397 g/mol. The van der Waals surface area contributed by atoms with E-state index in [9.17, 15) is 9.18 Å². The second kappa shape index (κ2) is 7.73. The number of aryl methyl sites for hydroxylation is 3. The molecular formula is C22H26FN7O. The first-order valence-corrected chi connectivity index (χ1v) is 10.2. The van der Waals surface area contributed by atoms with Gasteiger partial charge in [-0.05, 0) is 47.4 Å². The molecule has 0 bridgehead atoms. The average Bonchev–Trinajstić information content (AvgIpc) is 3.22. The molecule has 4 aromatic rings. The number of halogens is 1. The van der Waals surface area contributed by atoms with Gasteiger partial charge in [-0.15, -0.1) is 0 Å². The van der Waals surface area contributed by atoms with E-state index >= 15 is 0 Å². The maximum Gasteiger partial charge on any atom is 0.259 e. The number of imidazole rings is 2. The second-order valence-corrected chi connectivity index (χ2v) is 7.98. The number of nitrogens with one attached hydrogen (secondary N) is 1. The minimum Gasteiger partial charge on any atom is -0.305 e. The van der Waals surface area contributed by atoms with Crippen LogP contribution < -0.4 is 5.32 Å². The number of amides is 1. The maximum atomic E-state index is 14.7. The molecule has 1 N–H and O–H groups in total. The van der Waals surface area contributed by atoms with Gasteiger partial charge in [0.15, 0.2) is 11.5 Å². The van der Waals surface area contributed by atoms with Crippen molar-refractivity contribution in [2.75, 3.05) is 19.4 Å². The summed E-state index contributed by atoms with van der Waals surface area (Å²) in [5, 5.41) is 2.72. The van der Waals surface area contributed by atoms with Crippen LogP contribution in [0.4, 0.5) is 10.2 Å². The zero-order chi connectivity index (χ0) is 22.4. The largest absolute Gasteiger partial charge is 0.305 e. The summed E-state index contributed by atoms with van der Waals surface area (Å²) in [4.78, 5) is 28.5. The van der Waals surface area contributed by atoms with Gasteiger partial charge in [-0.25, -0.2) is 19.3 Å². The fraction of sp³-hybridized carbons (Fsp3) is 0.364. The SMILES string of the molecule is CCC(c1cn2cc(NC(=O)c3cc4c(C)nc(C)n4cc3F)nc(C)c2n1)N(C)C. The molecule has 1 unspecified atom stereocenters. The Morgan fingerprint density at radius 3 is 2.55 bits per heavy atom. The van der Waals surface area contributed by atoms with Crippen molar-refractivity contribution in [3.05, 3.63) is 58.9 Å². The fourth-order valence-corrected chi connectivity index (χ4v) is 4.02. The zero-order valence-electron chi connectivity index (χ0n) is 18.6. The Bertz CT molecular complexity index is 1300. The maximum absolute atomic E-state index is 14.7. The summed E-state index contributed by atoms with van der Waals surface area (Å²) >= 11 is 0. The summed E-state index contributed by atoms with van der Waals surface area (Å²) < 4.78 is 18.1. The normalized spacial score (nSPS) is 12.8. The van der Waals surface area contributed by atoms with Gasteiger partial charge in [0.2, 0.25) is 0 Å². The highest BCUT2D eigenvalue weighted by Crippen LogP contribution is 2.23. The van der Waals surface area contributed by atoms with Crippen LogP contribution in [0.3, 0.4) is 0 Å². The van der Waals surface area contributed by atoms with Gasteiger partial charge in [0, 0.05) is 12.4 Å². The number of hydrogen-bond donors (Lipinski definition) is 1. The molecule has 0 aliphatic carbocycles. The van der Waals surface area contributed by atoms with Crippen molar-refractivity contribution < 1.29 is 9.18 Å². The van der Waals surface area contributed by atoms with Crippen LogP contribution in [0.25, 0.3) is 11.2 Å². The molecule has 1 amide bonds. The van der Waals surface area contributed by atoms with Crippen LogP contribution in [-0.2, 0) is 0 Å². The van der Waals surface area contributed by atoms with E-state index in [1.165, 1.54) is 12.3 Å². The van der Waals surface area contributed by atoms with Crippen LogP contribution in [0, 0.1) is 26.6 Å². The molecule has 1 atom stereocenters. The Hall–Kier alpha value is -3.33.